The van der Waals surface area contributed by atoms with E-state index in [1.54, 1.807) is 12.3 Å². The predicted octanol–water partition coefficient (Wildman–Crippen LogP) is 2.77. The molecule has 0 bridgehead atoms. The first-order valence-corrected chi connectivity index (χ1v) is 5.64. The van der Waals surface area contributed by atoms with Crippen LogP contribution in [0.25, 0.3) is 0 Å². The van der Waals surface area contributed by atoms with Gasteiger partial charge >= 0.3 is 0 Å². The summed E-state index contributed by atoms with van der Waals surface area (Å²) >= 11 is 0. The van der Waals surface area contributed by atoms with Gasteiger partial charge in [0, 0.05) is 12.1 Å². The number of hydrogen-bond acceptors (Lipinski definition) is 2. The Kier molecular flexibility index (Phi) is 3.34. The Bertz CT molecular complexity index is 376. The number of anilines is 1. The van der Waals surface area contributed by atoms with E-state index in [-0.39, 0.29) is 11.8 Å². The van der Waals surface area contributed by atoms with E-state index in [2.05, 4.69) is 16.9 Å². The van der Waals surface area contributed by atoms with Crippen LogP contribution in [0.4, 0.5) is 5.82 Å². The van der Waals surface area contributed by atoms with E-state index in [9.17, 15) is 4.79 Å². The SMILES string of the molecule is C=C1CCC(C(=O)Nc2ccccn2)CC1. The standard InChI is InChI=1S/C13H16N2O/c1-10-5-7-11(8-6-10)13(16)15-12-4-2-3-9-14-12/h2-4,9,11H,1,5-8H2,(H,14,15,16). The third-order valence-electron chi connectivity index (χ3n) is 2.98. The Labute approximate surface area is 95.6 Å². The van der Waals surface area contributed by atoms with Gasteiger partial charge in [0.05, 0.1) is 0 Å². The van der Waals surface area contributed by atoms with Crippen molar-refractivity contribution in [3.63, 3.8) is 0 Å². The molecule has 1 saturated carbocycles. The summed E-state index contributed by atoms with van der Waals surface area (Å²) in [6, 6.07) is 5.51. The molecule has 0 spiro atoms. The largest absolute Gasteiger partial charge is 0.310 e. The summed E-state index contributed by atoms with van der Waals surface area (Å²) in [5, 5.41) is 2.85. The van der Waals surface area contributed by atoms with Crippen molar-refractivity contribution in [1.82, 2.24) is 4.98 Å². The van der Waals surface area contributed by atoms with E-state index in [4.69, 9.17) is 0 Å². The molecule has 1 aromatic heterocycles. The maximum Gasteiger partial charge on any atom is 0.228 e. The second kappa shape index (κ2) is 4.92. The van der Waals surface area contributed by atoms with Crippen molar-refractivity contribution in [1.29, 1.82) is 0 Å². The number of nitrogens with zero attached hydrogens (tertiary/aromatic N) is 1. The Morgan fingerprint density at radius 2 is 2.12 bits per heavy atom. The van der Waals surface area contributed by atoms with Crippen molar-refractivity contribution < 1.29 is 4.79 Å². The first-order chi connectivity index (χ1) is 7.75. The Morgan fingerprint density at radius 3 is 2.75 bits per heavy atom. The van der Waals surface area contributed by atoms with E-state index < -0.39 is 0 Å². The van der Waals surface area contributed by atoms with Gasteiger partial charge in [-0.05, 0) is 37.8 Å². The highest BCUT2D eigenvalue weighted by atomic mass is 16.1. The lowest BCUT2D eigenvalue weighted by molar-refractivity contribution is -0.120. The number of carbonyl (C=O) groups excluding carboxylic acids is 1. The molecule has 1 amide bonds. The Morgan fingerprint density at radius 1 is 1.38 bits per heavy atom. The zero-order valence-corrected chi connectivity index (χ0v) is 9.28. The smallest absolute Gasteiger partial charge is 0.228 e. The fourth-order valence-electron chi connectivity index (χ4n) is 1.95. The van der Waals surface area contributed by atoms with Gasteiger partial charge in [0.15, 0.2) is 0 Å². The number of aromatic nitrogens is 1. The van der Waals surface area contributed by atoms with Crippen LogP contribution in [0.3, 0.4) is 0 Å². The molecule has 1 N–H and O–H groups in total. The van der Waals surface area contributed by atoms with Crippen molar-refractivity contribution in [2.45, 2.75) is 25.7 Å². The molecule has 84 valence electrons. The van der Waals surface area contributed by atoms with Crippen LogP contribution in [0.2, 0.25) is 0 Å². The third kappa shape index (κ3) is 2.69. The summed E-state index contributed by atoms with van der Waals surface area (Å²) in [6.07, 6.45) is 5.45. The normalized spacial score (nSPS) is 17.1. The fourth-order valence-corrected chi connectivity index (χ4v) is 1.95. The van der Waals surface area contributed by atoms with Crippen molar-refractivity contribution in [3.05, 3.63) is 36.5 Å². The van der Waals surface area contributed by atoms with Crippen LogP contribution >= 0.6 is 0 Å². The highest BCUT2D eigenvalue weighted by Crippen LogP contribution is 2.27. The summed E-state index contributed by atoms with van der Waals surface area (Å²) in [6.45, 7) is 3.95. The maximum atomic E-state index is 11.9. The van der Waals surface area contributed by atoms with E-state index >= 15 is 0 Å². The molecule has 16 heavy (non-hydrogen) atoms. The second-order valence-electron chi connectivity index (χ2n) is 4.23. The molecule has 2 rings (SSSR count). The van der Waals surface area contributed by atoms with Crippen LogP contribution in [0.15, 0.2) is 36.5 Å². The Hall–Kier alpha value is -1.64. The number of amides is 1. The molecule has 0 atom stereocenters. The number of nitrogens with one attached hydrogen (secondary N) is 1. The molecule has 0 aromatic carbocycles. The topological polar surface area (TPSA) is 42.0 Å². The number of pyridine rings is 1. The third-order valence-corrected chi connectivity index (χ3v) is 2.98. The number of rotatable bonds is 2. The van der Waals surface area contributed by atoms with Gasteiger partial charge in [0.2, 0.25) is 5.91 Å². The lowest BCUT2D eigenvalue weighted by Gasteiger charge is -2.22. The van der Waals surface area contributed by atoms with Crippen molar-refractivity contribution in [3.8, 4) is 0 Å². The quantitative estimate of drug-likeness (QED) is 0.772. The first-order valence-electron chi connectivity index (χ1n) is 5.64. The Balaban J connectivity index is 1.91. The van der Waals surface area contributed by atoms with E-state index in [1.807, 2.05) is 12.1 Å². The molecule has 1 heterocycles. The van der Waals surface area contributed by atoms with Gasteiger partial charge in [-0.3, -0.25) is 4.79 Å². The molecular formula is C13H16N2O. The number of carbonyl (C=O) groups is 1. The van der Waals surface area contributed by atoms with Crippen LogP contribution in [-0.2, 0) is 4.79 Å². The van der Waals surface area contributed by atoms with Crippen molar-refractivity contribution in [2.75, 3.05) is 5.32 Å². The van der Waals surface area contributed by atoms with E-state index in [0.717, 1.165) is 25.7 Å². The molecule has 0 unspecified atom stereocenters. The highest BCUT2D eigenvalue weighted by Gasteiger charge is 2.22. The maximum absolute atomic E-state index is 11.9. The summed E-state index contributed by atoms with van der Waals surface area (Å²) in [4.78, 5) is 16.0. The summed E-state index contributed by atoms with van der Waals surface area (Å²) < 4.78 is 0. The zero-order chi connectivity index (χ0) is 11.4. The summed E-state index contributed by atoms with van der Waals surface area (Å²) in [7, 11) is 0. The van der Waals surface area contributed by atoms with Crippen LogP contribution in [-0.4, -0.2) is 10.9 Å². The van der Waals surface area contributed by atoms with E-state index in [0.29, 0.717) is 5.82 Å². The van der Waals surface area contributed by atoms with Gasteiger partial charge < -0.3 is 5.32 Å². The zero-order valence-electron chi connectivity index (χ0n) is 9.28. The molecule has 1 aliphatic carbocycles. The molecule has 1 aromatic rings. The molecule has 3 heteroatoms. The van der Waals surface area contributed by atoms with Crippen molar-refractivity contribution >= 4 is 11.7 Å². The lowest BCUT2D eigenvalue weighted by Crippen LogP contribution is -2.25. The van der Waals surface area contributed by atoms with Gasteiger partial charge in [0.1, 0.15) is 5.82 Å². The van der Waals surface area contributed by atoms with Crippen molar-refractivity contribution in [2.24, 2.45) is 5.92 Å². The average Bonchev–Trinajstić information content (AvgIpc) is 2.31. The molecule has 0 radical (unpaired) electrons. The molecule has 0 aliphatic heterocycles. The van der Waals surface area contributed by atoms with Gasteiger partial charge in [-0.15, -0.1) is 0 Å². The van der Waals surface area contributed by atoms with Crippen LogP contribution in [0.5, 0.6) is 0 Å². The molecule has 1 fully saturated rings. The van der Waals surface area contributed by atoms with Crippen LogP contribution in [0.1, 0.15) is 25.7 Å². The van der Waals surface area contributed by atoms with Gasteiger partial charge in [-0.2, -0.15) is 0 Å². The number of allylic oxidation sites excluding steroid dienone is 1. The minimum atomic E-state index is 0.0891. The molecule has 3 nitrogen and oxygen atoms in total. The second-order valence-corrected chi connectivity index (χ2v) is 4.23. The van der Waals surface area contributed by atoms with E-state index in [1.165, 1.54) is 5.57 Å². The first kappa shape index (κ1) is 10.9. The van der Waals surface area contributed by atoms with Gasteiger partial charge in [0.25, 0.3) is 0 Å². The monoisotopic (exact) mass is 216 g/mol. The van der Waals surface area contributed by atoms with Gasteiger partial charge in [-0.25, -0.2) is 4.98 Å². The molecule has 0 saturated heterocycles. The van der Waals surface area contributed by atoms with Crippen LogP contribution in [0, 0.1) is 5.92 Å². The average molecular weight is 216 g/mol. The predicted molar refractivity (Wildman–Crippen MR) is 64.0 cm³/mol. The number of hydrogen-bond donors (Lipinski definition) is 1. The minimum Gasteiger partial charge on any atom is -0.310 e. The lowest BCUT2D eigenvalue weighted by atomic mass is 9.86. The highest BCUT2D eigenvalue weighted by molar-refractivity contribution is 5.91. The minimum absolute atomic E-state index is 0.0891. The molecular weight excluding hydrogens is 200 g/mol. The summed E-state index contributed by atoms with van der Waals surface area (Å²) in [5.74, 6) is 0.843. The summed E-state index contributed by atoms with van der Waals surface area (Å²) in [5.41, 5.74) is 1.27. The molecule has 1 aliphatic rings. The fraction of sp³-hybridized carbons (Fsp3) is 0.385. The van der Waals surface area contributed by atoms with Crippen LogP contribution < -0.4 is 5.32 Å². The van der Waals surface area contributed by atoms with Gasteiger partial charge in [-0.1, -0.05) is 18.2 Å².